The first-order chi connectivity index (χ1) is 6.79. The van der Waals surface area contributed by atoms with E-state index in [0.29, 0.717) is 5.92 Å². The molecule has 0 amide bonds. The minimum absolute atomic E-state index is 0.477. The molecule has 0 saturated carbocycles. The molecule has 72 valence electrons. The summed E-state index contributed by atoms with van der Waals surface area (Å²) in [4.78, 5) is 1.41. The van der Waals surface area contributed by atoms with Gasteiger partial charge in [-0.15, -0.1) is 11.3 Å². The zero-order valence-corrected chi connectivity index (χ0v) is 10.3. The first-order valence-corrected chi connectivity index (χ1v) is 6.24. The predicted molar refractivity (Wildman–Crippen MR) is 66.0 cm³/mol. The fraction of sp³-hybridized carbons (Fsp3) is 0.167. The first kappa shape index (κ1) is 9.94. The second-order valence-corrected chi connectivity index (χ2v) is 5.09. The van der Waals surface area contributed by atoms with Gasteiger partial charge in [0.05, 0.1) is 0 Å². The van der Waals surface area contributed by atoms with E-state index < -0.39 is 0 Å². The van der Waals surface area contributed by atoms with E-state index in [1.807, 2.05) is 11.3 Å². The van der Waals surface area contributed by atoms with E-state index in [2.05, 4.69) is 64.6 Å². The monoisotopic (exact) mass is 266 g/mol. The average molecular weight is 267 g/mol. The third-order valence-electron chi connectivity index (χ3n) is 2.34. The quantitative estimate of drug-likeness (QED) is 0.742. The zero-order valence-electron chi connectivity index (χ0n) is 7.91. The van der Waals surface area contributed by atoms with Gasteiger partial charge < -0.3 is 0 Å². The molecule has 0 aliphatic carbocycles. The highest BCUT2D eigenvalue weighted by atomic mass is 79.9. The molecule has 0 saturated heterocycles. The molecule has 1 aromatic carbocycles. The number of halogens is 1. The Kier molecular flexibility index (Phi) is 3.04. The van der Waals surface area contributed by atoms with Crippen molar-refractivity contribution in [1.29, 1.82) is 0 Å². The fourth-order valence-corrected chi connectivity index (χ4v) is 2.95. The third-order valence-corrected chi connectivity index (χ3v) is 4.12. The molecule has 1 aromatic heterocycles. The molecule has 0 radical (unpaired) electrons. The molecule has 0 N–H and O–H groups in total. The summed E-state index contributed by atoms with van der Waals surface area (Å²) in [7, 11) is 0. The minimum Gasteiger partial charge on any atom is -0.148 e. The highest BCUT2D eigenvalue weighted by molar-refractivity contribution is 9.10. The second kappa shape index (κ2) is 4.28. The predicted octanol–water partition coefficient (Wildman–Crippen LogP) is 4.66. The number of rotatable bonds is 2. The van der Waals surface area contributed by atoms with Crippen LogP contribution in [0.15, 0.2) is 46.3 Å². The van der Waals surface area contributed by atoms with Crippen LogP contribution in [0.25, 0.3) is 0 Å². The van der Waals surface area contributed by atoms with Gasteiger partial charge in [0.2, 0.25) is 0 Å². The maximum absolute atomic E-state index is 3.59. The Balaban J connectivity index is 2.37. The lowest BCUT2D eigenvalue weighted by Gasteiger charge is -2.11. The number of benzene rings is 1. The van der Waals surface area contributed by atoms with Crippen LogP contribution in [0.1, 0.15) is 23.3 Å². The molecule has 0 aliphatic rings. The van der Waals surface area contributed by atoms with Gasteiger partial charge in [-0.2, -0.15) is 0 Å². The third kappa shape index (κ3) is 1.91. The summed E-state index contributed by atoms with van der Waals surface area (Å²) < 4.78 is 1.20. The zero-order chi connectivity index (χ0) is 9.97. The van der Waals surface area contributed by atoms with Crippen LogP contribution >= 0.6 is 27.3 Å². The molecule has 2 rings (SSSR count). The summed E-state index contributed by atoms with van der Waals surface area (Å²) in [6.07, 6.45) is 0. The largest absolute Gasteiger partial charge is 0.148 e. The molecular weight excluding hydrogens is 256 g/mol. The molecule has 0 bridgehead atoms. The lowest BCUT2D eigenvalue weighted by Crippen LogP contribution is -1.93. The summed E-state index contributed by atoms with van der Waals surface area (Å²) >= 11 is 5.40. The smallest absolute Gasteiger partial charge is 0.0213 e. The van der Waals surface area contributed by atoms with Gasteiger partial charge in [0.1, 0.15) is 0 Å². The molecule has 0 nitrogen and oxygen atoms in total. The van der Waals surface area contributed by atoms with Crippen molar-refractivity contribution < 1.29 is 0 Å². The molecule has 0 aliphatic heterocycles. The van der Waals surface area contributed by atoms with Gasteiger partial charge in [0, 0.05) is 15.3 Å². The molecule has 2 heteroatoms. The van der Waals surface area contributed by atoms with E-state index in [1.54, 1.807) is 0 Å². The van der Waals surface area contributed by atoms with Gasteiger partial charge in [-0.1, -0.05) is 47.1 Å². The normalized spacial score (nSPS) is 12.7. The Hall–Kier alpha value is -0.600. The molecule has 0 spiro atoms. The van der Waals surface area contributed by atoms with Crippen molar-refractivity contribution in [1.82, 2.24) is 0 Å². The van der Waals surface area contributed by atoms with Crippen LogP contribution in [-0.4, -0.2) is 0 Å². The summed E-state index contributed by atoms with van der Waals surface area (Å²) in [6.45, 7) is 2.24. The summed E-state index contributed by atoms with van der Waals surface area (Å²) in [5.41, 5.74) is 1.36. The Bertz CT molecular complexity index is 406. The lowest BCUT2D eigenvalue weighted by molar-refractivity contribution is 0.940. The highest BCUT2D eigenvalue weighted by Crippen LogP contribution is 2.32. The van der Waals surface area contributed by atoms with Crippen molar-refractivity contribution in [3.8, 4) is 0 Å². The van der Waals surface area contributed by atoms with Crippen LogP contribution < -0.4 is 0 Å². The van der Waals surface area contributed by atoms with Gasteiger partial charge in [0.25, 0.3) is 0 Å². The van der Waals surface area contributed by atoms with Gasteiger partial charge >= 0.3 is 0 Å². The molecule has 14 heavy (non-hydrogen) atoms. The van der Waals surface area contributed by atoms with E-state index in [9.17, 15) is 0 Å². The minimum atomic E-state index is 0.477. The Morgan fingerprint density at radius 2 is 1.93 bits per heavy atom. The van der Waals surface area contributed by atoms with Crippen LogP contribution in [0.3, 0.4) is 0 Å². The van der Waals surface area contributed by atoms with Crippen molar-refractivity contribution in [3.05, 3.63) is 56.7 Å². The summed E-state index contributed by atoms with van der Waals surface area (Å²) in [6, 6.07) is 12.7. The fourth-order valence-electron chi connectivity index (χ4n) is 1.52. The molecule has 2 aromatic rings. The van der Waals surface area contributed by atoms with Crippen LogP contribution in [0, 0.1) is 0 Å². The molecule has 1 heterocycles. The lowest BCUT2D eigenvalue weighted by atomic mass is 10.00. The van der Waals surface area contributed by atoms with Crippen LogP contribution in [0.2, 0.25) is 0 Å². The van der Waals surface area contributed by atoms with Gasteiger partial charge in [-0.25, -0.2) is 0 Å². The maximum Gasteiger partial charge on any atom is 0.0213 e. The van der Waals surface area contributed by atoms with E-state index in [0.717, 1.165) is 0 Å². The first-order valence-electron chi connectivity index (χ1n) is 4.57. The maximum atomic E-state index is 3.59. The van der Waals surface area contributed by atoms with E-state index >= 15 is 0 Å². The topological polar surface area (TPSA) is 0 Å². The number of hydrogen-bond acceptors (Lipinski definition) is 1. The van der Waals surface area contributed by atoms with E-state index in [4.69, 9.17) is 0 Å². The van der Waals surface area contributed by atoms with Crippen LogP contribution in [0.5, 0.6) is 0 Å². The van der Waals surface area contributed by atoms with Crippen molar-refractivity contribution >= 4 is 27.3 Å². The van der Waals surface area contributed by atoms with Crippen molar-refractivity contribution in [2.75, 3.05) is 0 Å². The standard InChI is InChI=1S/C12H11BrS/c1-9(12-7-4-8-14-12)10-5-2-3-6-11(10)13/h2-9H,1H3. The van der Waals surface area contributed by atoms with Crippen LogP contribution in [0.4, 0.5) is 0 Å². The molecular formula is C12H11BrS. The molecule has 1 unspecified atom stereocenters. The average Bonchev–Trinajstić information content (AvgIpc) is 2.70. The van der Waals surface area contributed by atoms with Crippen LogP contribution in [-0.2, 0) is 0 Å². The van der Waals surface area contributed by atoms with Gasteiger partial charge in [-0.05, 0) is 23.1 Å². The molecule has 1 atom stereocenters. The number of hydrogen-bond donors (Lipinski definition) is 0. The molecule has 0 fully saturated rings. The van der Waals surface area contributed by atoms with Crippen molar-refractivity contribution in [2.24, 2.45) is 0 Å². The van der Waals surface area contributed by atoms with Gasteiger partial charge in [-0.3, -0.25) is 0 Å². The Labute approximate surface area is 96.7 Å². The summed E-state index contributed by atoms with van der Waals surface area (Å²) in [5.74, 6) is 0.477. The highest BCUT2D eigenvalue weighted by Gasteiger charge is 2.11. The summed E-state index contributed by atoms with van der Waals surface area (Å²) in [5, 5.41) is 2.13. The SMILES string of the molecule is CC(c1cccs1)c1ccccc1Br. The Morgan fingerprint density at radius 1 is 1.14 bits per heavy atom. The number of thiophene rings is 1. The Morgan fingerprint density at radius 3 is 2.57 bits per heavy atom. The van der Waals surface area contributed by atoms with Crippen molar-refractivity contribution in [2.45, 2.75) is 12.8 Å². The second-order valence-electron chi connectivity index (χ2n) is 3.26. The van der Waals surface area contributed by atoms with E-state index in [-0.39, 0.29) is 0 Å². The van der Waals surface area contributed by atoms with E-state index in [1.165, 1.54) is 14.9 Å². The van der Waals surface area contributed by atoms with Gasteiger partial charge in [0.15, 0.2) is 0 Å². The van der Waals surface area contributed by atoms with Crippen molar-refractivity contribution in [3.63, 3.8) is 0 Å².